The summed E-state index contributed by atoms with van der Waals surface area (Å²) < 4.78 is 0. The first-order chi connectivity index (χ1) is 7.34. The molecule has 1 amide bonds. The van der Waals surface area contributed by atoms with Gasteiger partial charge in [0.25, 0.3) is 0 Å². The number of hydrogen-bond acceptors (Lipinski definition) is 4. The van der Waals surface area contributed by atoms with Gasteiger partial charge in [0.05, 0.1) is 6.42 Å². The molecule has 0 fully saturated rings. The van der Waals surface area contributed by atoms with Crippen molar-refractivity contribution in [3.63, 3.8) is 0 Å². The molecule has 2 rings (SSSR count). The summed E-state index contributed by atoms with van der Waals surface area (Å²) in [6.45, 7) is 0. The molecule has 0 aliphatic rings. The van der Waals surface area contributed by atoms with Crippen LogP contribution in [-0.4, -0.2) is 15.9 Å². The van der Waals surface area contributed by atoms with Gasteiger partial charge >= 0.3 is 0 Å². The van der Waals surface area contributed by atoms with Crippen molar-refractivity contribution in [1.29, 1.82) is 0 Å². The molecule has 76 valence electrons. The van der Waals surface area contributed by atoms with Gasteiger partial charge in [-0.3, -0.25) is 9.78 Å². The number of aromatic nitrogens is 2. The third-order valence-corrected chi connectivity index (χ3v) is 2.44. The van der Waals surface area contributed by atoms with Crippen molar-refractivity contribution in [2.24, 2.45) is 0 Å². The first kappa shape index (κ1) is 9.79. The molecule has 0 unspecified atom stereocenters. The number of pyridine rings is 1. The number of carbonyl (C=O) groups is 1. The van der Waals surface area contributed by atoms with Crippen molar-refractivity contribution < 1.29 is 4.79 Å². The van der Waals surface area contributed by atoms with Crippen LogP contribution in [0.5, 0.6) is 0 Å². The minimum atomic E-state index is -0.0938. The SMILES string of the molecule is O=C(Cc1ccccn1)Nc1nccs1. The second-order valence-electron chi connectivity index (χ2n) is 2.88. The zero-order valence-electron chi connectivity index (χ0n) is 7.88. The molecule has 0 spiro atoms. The van der Waals surface area contributed by atoms with Crippen molar-refractivity contribution in [2.45, 2.75) is 6.42 Å². The fraction of sp³-hybridized carbons (Fsp3) is 0.100. The Hall–Kier alpha value is -1.75. The number of thiazole rings is 1. The Bertz CT molecular complexity index is 427. The largest absolute Gasteiger partial charge is 0.302 e. The molecule has 5 heteroatoms. The summed E-state index contributed by atoms with van der Waals surface area (Å²) in [5.74, 6) is -0.0938. The maximum Gasteiger partial charge on any atom is 0.232 e. The lowest BCUT2D eigenvalue weighted by atomic mass is 10.2. The Balaban J connectivity index is 1.94. The van der Waals surface area contributed by atoms with E-state index in [4.69, 9.17) is 0 Å². The van der Waals surface area contributed by atoms with Crippen LogP contribution in [0.15, 0.2) is 36.0 Å². The van der Waals surface area contributed by atoms with Gasteiger partial charge in [-0.2, -0.15) is 0 Å². The van der Waals surface area contributed by atoms with Gasteiger partial charge in [0.15, 0.2) is 5.13 Å². The van der Waals surface area contributed by atoms with Gasteiger partial charge in [-0.05, 0) is 12.1 Å². The van der Waals surface area contributed by atoms with Crippen LogP contribution in [0, 0.1) is 0 Å². The quantitative estimate of drug-likeness (QED) is 0.855. The number of amides is 1. The zero-order valence-corrected chi connectivity index (χ0v) is 8.70. The smallest absolute Gasteiger partial charge is 0.232 e. The fourth-order valence-corrected chi connectivity index (χ4v) is 1.66. The van der Waals surface area contributed by atoms with E-state index in [1.165, 1.54) is 11.3 Å². The molecule has 0 aromatic carbocycles. The Kier molecular flexibility index (Phi) is 3.04. The molecule has 2 aromatic rings. The van der Waals surface area contributed by atoms with Crippen LogP contribution >= 0.6 is 11.3 Å². The van der Waals surface area contributed by atoms with Crippen LogP contribution in [0.3, 0.4) is 0 Å². The molecular weight excluding hydrogens is 210 g/mol. The van der Waals surface area contributed by atoms with Gasteiger partial charge < -0.3 is 5.32 Å². The molecule has 15 heavy (non-hydrogen) atoms. The van der Waals surface area contributed by atoms with E-state index in [9.17, 15) is 4.79 Å². The molecular formula is C10H9N3OS. The van der Waals surface area contributed by atoms with E-state index in [0.29, 0.717) is 5.13 Å². The summed E-state index contributed by atoms with van der Waals surface area (Å²) in [5, 5.41) is 5.14. The normalized spacial score (nSPS) is 9.87. The lowest BCUT2D eigenvalue weighted by molar-refractivity contribution is -0.115. The summed E-state index contributed by atoms with van der Waals surface area (Å²) in [5.41, 5.74) is 0.756. The predicted molar refractivity (Wildman–Crippen MR) is 58.7 cm³/mol. The van der Waals surface area contributed by atoms with Gasteiger partial charge in [0.2, 0.25) is 5.91 Å². The monoisotopic (exact) mass is 219 g/mol. The van der Waals surface area contributed by atoms with Crippen LogP contribution in [0.25, 0.3) is 0 Å². The van der Waals surface area contributed by atoms with Crippen LogP contribution in [0.2, 0.25) is 0 Å². The zero-order chi connectivity index (χ0) is 10.5. The van der Waals surface area contributed by atoms with Crippen LogP contribution < -0.4 is 5.32 Å². The molecule has 4 nitrogen and oxygen atoms in total. The lowest BCUT2D eigenvalue weighted by Crippen LogP contribution is -2.14. The summed E-state index contributed by atoms with van der Waals surface area (Å²) >= 11 is 1.40. The minimum absolute atomic E-state index is 0.0938. The second kappa shape index (κ2) is 4.65. The van der Waals surface area contributed by atoms with E-state index >= 15 is 0 Å². The third-order valence-electron chi connectivity index (χ3n) is 1.75. The third kappa shape index (κ3) is 2.85. The maximum atomic E-state index is 11.5. The van der Waals surface area contributed by atoms with Gasteiger partial charge in [0.1, 0.15) is 0 Å². The van der Waals surface area contributed by atoms with Gasteiger partial charge in [-0.25, -0.2) is 4.98 Å². The van der Waals surface area contributed by atoms with E-state index in [1.807, 2.05) is 23.6 Å². The van der Waals surface area contributed by atoms with Crippen LogP contribution in [-0.2, 0) is 11.2 Å². The van der Waals surface area contributed by atoms with E-state index < -0.39 is 0 Å². The van der Waals surface area contributed by atoms with E-state index in [2.05, 4.69) is 15.3 Å². The van der Waals surface area contributed by atoms with E-state index in [0.717, 1.165) is 5.69 Å². The first-order valence-electron chi connectivity index (χ1n) is 4.44. The van der Waals surface area contributed by atoms with Crippen molar-refractivity contribution in [3.05, 3.63) is 41.7 Å². The van der Waals surface area contributed by atoms with Crippen molar-refractivity contribution in [2.75, 3.05) is 5.32 Å². The maximum absolute atomic E-state index is 11.5. The second-order valence-corrected chi connectivity index (χ2v) is 3.78. The Morgan fingerprint density at radius 2 is 2.27 bits per heavy atom. The lowest BCUT2D eigenvalue weighted by Gasteiger charge is -2.00. The summed E-state index contributed by atoms with van der Waals surface area (Å²) in [6.07, 6.45) is 3.60. The number of anilines is 1. The topological polar surface area (TPSA) is 54.9 Å². The van der Waals surface area contributed by atoms with Gasteiger partial charge in [-0.1, -0.05) is 6.07 Å². The number of nitrogens with one attached hydrogen (secondary N) is 1. The van der Waals surface area contributed by atoms with Gasteiger partial charge in [0, 0.05) is 23.5 Å². The van der Waals surface area contributed by atoms with E-state index in [1.54, 1.807) is 12.4 Å². The highest BCUT2D eigenvalue weighted by Crippen LogP contribution is 2.10. The molecule has 1 N–H and O–H groups in total. The standard InChI is InChI=1S/C10H9N3OS/c14-9(13-10-12-5-6-15-10)7-8-3-1-2-4-11-8/h1-6H,7H2,(H,12,13,14). The Morgan fingerprint density at radius 3 is 2.93 bits per heavy atom. The molecule has 0 saturated heterocycles. The highest BCUT2D eigenvalue weighted by molar-refractivity contribution is 7.13. The molecule has 2 aromatic heterocycles. The first-order valence-corrected chi connectivity index (χ1v) is 5.32. The highest BCUT2D eigenvalue weighted by atomic mass is 32.1. The highest BCUT2D eigenvalue weighted by Gasteiger charge is 2.05. The number of carbonyl (C=O) groups excluding carboxylic acids is 1. The van der Waals surface area contributed by atoms with Crippen molar-refractivity contribution in [1.82, 2.24) is 9.97 Å². The Labute approximate surface area is 91.0 Å². The summed E-state index contributed by atoms with van der Waals surface area (Å²) in [6, 6.07) is 5.50. The summed E-state index contributed by atoms with van der Waals surface area (Å²) in [7, 11) is 0. The molecule has 0 radical (unpaired) electrons. The average Bonchev–Trinajstić information content (AvgIpc) is 2.71. The molecule has 0 bridgehead atoms. The van der Waals surface area contributed by atoms with Crippen LogP contribution in [0.1, 0.15) is 5.69 Å². The van der Waals surface area contributed by atoms with Crippen molar-refractivity contribution in [3.8, 4) is 0 Å². The van der Waals surface area contributed by atoms with Crippen LogP contribution in [0.4, 0.5) is 5.13 Å². The predicted octanol–water partition coefficient (Wildman–Crippen LogP) is 1.72. The van der Waals surface area contributed by atoms with Crippen molar-refractivity contribution >= 4 is 22.4 Å². The molecule has 0 saturated carbocycles. The summed E-state index contributed by atoms with van der Waals surface area (Å²) in [4.78, 5) is 19.5. The number of hydrogen-bond donors (Lipinski definition) is 1. The molecule has 0 atom stereocenters. The van der Waals surface area contributed by atoms with E-state index in [-0.39, 0.29) is 12.3 Å². The minimum Gasteiger partial charge on any atom is -0.302 e. The van der Waals surface area contributed by atoms with Gasteiger partial charge in [-0.15, -0.1) is 11.3 Å². The Morgan fingerprint density at radius 1 is 1.33 bits per heavy atom. The average molecular weight is 219 g/mol. The molecule has 0 aliphatic carbocycles. The number of rotatable bonds is 3. The molecule has 0 aliphatic heterocycles. The fourth-order valence-electron chi connectivity index (χ4n) is 1.12. The molecule has 2 heterocycles. The number of nitrogens with zero attached hydrogens (tertiary/aromatic N) is 2.